The van der Waals surface area contributed by atoms with E-state index >= 15 is 0 Å². The van der Waals surface area contributed by atoms with Gasteiger partial charge in [-0.2, -0.15) is 0 Å². The maximum Gasteiger partial charge on any atom is 0.0130 e. The Kier molecular flexibility index (Phi) is 2.88. The molecule has 1 aliphatic heterocycles. The highest BCUT2D eigenvalue weighted by Crippen LogP contribution is 2.59. The van der Waals surface area contributed by atoms with Crippen LogP contribution in [0.25, 0.3) is 10.8 Å². The maximum absolute atomic E-state index is 2.49. The first kappa shape index (κ1) is 13.0. The van der Waals surface area contributed by atoms with E-state index < -0.39 is 0 Å². The Balaban J connectivity index is 0.00000110. The second-order valence-electron chi connectivity index (χ2n) is 6.23. The summed E-state index contributed by atoms with van der Waals surface area (Å²) in [7, 11) is 2.25. The third kappa shape index (κ3) is 1.72. The van der Waals surface area contributed by atoms with Crippen molar-refractivity contribution >= 4 is 23.2 Å². The zero-order chi connectivity index (χ0) is 12.3. The molecule has 100 valence electrons. The van der Waals surface area contributed by atoms with E-state index in [0.29, 0.717) is 5.41 Å². The minimum Gasteiger partial charge on any atom is -0.305 e. The number of aryl methyl sites for hydroxylation is 1. The summed E-state index contributed by atoms with van der Waals surface area (Å²) >= 11 is 0. The Morgan fingerprint density at radius 1 is 1.11 bits per heavy atom. The molecule has 0 bridgehead atoms. The highest BCUT2D eigenvalue weighted by atomic mass is 35.5. The molecule has 2 atom stereocenters. The van der Waals surface area contributed by atoms with Gasteiger partial charge < -0.3 is 4.90 Å². The first-order chi connectivity index (χ1) is 8.71. The number of benzene rings is 2. The molecule has 1 aliphatic carbocycles. The van der Waals surface area contributed by atoms with Gasteiger partial charge in [0.1, 0.15) is 0 Å². The lowest BCUT2D eigenvalue weighted by molar-refractivity contribution is 0.364. The monoisotopic (exact) mass is 273 g/mol. The van der Waals surface area contributed by atoms with Crippen molar-refractivity contribution in [2.45, 2.75) is 18.8 Å². The molecule has 2 heteroatoms. The Morgan fingerprint density at radius 2 is 1.84 bits per heavy atom. The van der Waals surface area contributed by atoms with Crippen LogP contribution in [0.5, 0.6) is 0 Å². The van der Waals surface area contributed by atoms with Crippen molar-refractivity contribution in [1.29, 1.82) is 0 Å². The average Bonchev–Trinajstić information content (AvgIpc) is 2.93. The fourth-order valence-corrected chi connectivity index (χ4v) is 4.04. The molecule has 0 radical (unpaired) electrons. The van der Waals surface area contributed by atoms with E-state index in [-0.39, 0.29) is 12.4 Å². The lowest BCUT2D eigenvalue weighted by Crippen LogP contribution is -2.22. The number of likely N-dealkylation sites (tertiary alicyclic amines) is 1. The smallest absolute Gasteiger partial charge is 0.0130 e. The molecular formula is C17H20ClN. The van der Waals surface area contributed by atoms with Crippen LogP contribution in [0.1, 0.15) is 17.5 Å². The molecule has 2 fully saturated rings. The van der Waals surface area contributed by atoms with Crippen LogP contribution in [-0.4, -0.2) is 25.0 Å². The molecule has 0 N–H and O–H groups in total. The standard InChI is InChI=1S/C17H19N.ClH/c1-12-7-8-16(15-6-4-3-5-14(12)15)17-9-13(17)10-18(2)11-17;/h3-8,13H,9-11H2,1-2H3;1H. The van der Waals surface area contributed by atoms with Gasteiger partial charge in [0.05, 0.1) is 0 Å². The van der Waals surface area contributed by atoms with Gasteiger partial charge in [-0.25, -0.2) is 0 Å². The number of likely N-dealkylation sites (N-methyl/N-ethyl adjacent to an activating group) is 1. The highest BCUT2D eigenvalue weighted by Gasteiger charge is 2.60. The maximum atomic E-state index is 2.49. The van der Waals surface area contributed by atoms with Gasteiger partial charge in [0.15, 0.2) is 0 Å². The fourth-order valence-electron chi connectivity index (χ4n) is 4.04. The molecule has 1 saturated carbocycles. The summed E-state index contributed by atoms with van der Waals surface area (Å²) in [4.78, 5) is 2.49. The van der Waals surface area contributed by atoms with Gasteiger partial charge in [0, 0.05) is 18.5 Å². The number of hydrogen-bond donors (Lipinski definition) is 0. The van der Waals surface area contributed by atoms with Gasteiger partial charge in [-0.3, -0.25) is 0 Å². The zero-order valence-electron chi connectivity index (χ0n) is 11.5. The number of hydrogen-bond acceptors (Lipinski definition) is 1. The van der Waals surface area contributed by atoms with Crippen LogP contribution in [0.15, 0.2) is 36.4 Å². The predicted molar refractivity (Wildman–Crippen MR) is 83.2 cm³/mol. The van der Waals surface area contributed by atoms with Crippen LogP contribution in [-0.2, 0) is 5.41 Å². The Morgan fingerprint density at radius 3 is 2.53 bits per heavy atom. The van der Waals surface area contributed by atoms with E-state index in [1.807, 2.05) is 0 Å². The first-order valence-corrected chi connectivity index (χ1v) is 6.88. The van der Waals surface area contributed by atoms with E-state index in [1.165, 1.54) is 35.8 Å². The van der Waals surface area contributed by atoms with Crippen molar-refractivity contribution in [2.24, 2.45) is 5.92 Å². The van der Waals surface area contributed by atoms with Crippen LogP contribution in [0.2, 0.25) is 0 Å². The lowest BCUT2D eigenvalue weighted by atomic mass is 9.88. The lowest BCUT2D eigenvalue weighted by Gasteiger charge is -2.19. The number of piperidine rings is 1. The molecule has 2 aromatic rings. The first-order valence-electron chi connectivity index (χ1n) is 6.88. The van der Waals surface area contributed by atoms with Crippen LogP contribution in [0.3, 0.4) is 0 Å². The van der Waals surface area contributed by atoms with Gasteiger partial charge in [-0.05, 0) is 48.2 Å². The van der Waals surface area contributed by atoms with Crippen LogP contribution < -0.4 is 0 Å². The molecular weight excluding hydrogens is 254 g/mol. The summed E-state index contributed by atoms with van der Waals surface area (Å²) in [6, 6.07) is 13.6. The summed E-state index contributed by atoms with van der Waals surface area (Å²) in [5.74, 6) is 0.897. The van der Waals surface area contributed by atoms with Gasteiger partial charge in [-0.1, -0.05) is 36.4 Å². The molecule has 19 heavy (non-hydrogen) atoms. The zero-order valence-corrected chi connectivity index (χ0v) is 12.3. The van der Waals surface area contributed by atoms with Crippen molar-refractivity contribution in [3.63, 3.8) is 0 Å². The Bertz CT molecular complexity index is 636. The topological polar surface area (TPSA) is 3.24 Å². The van der Waals surface area contributed by atoms with Crippen molar-refractivity contribution in [3.05, 3.63) is 47.5 Å². The molecule has 1 nitrogen and oxygen atoms in total. The number of nitrogens with zero attached hydrogens (tertiary/aromatic N) is 1. The fraction of sp³-hybridized carbons (Fsp3) is 0.412. The quantitative estimate of drug-likeness (QED) is 0.764. The average molecular weight is 274 g/mol. The molecule has 0 spiro atoms. The third-order valence-electron chi connectivity index (χ3n) is 4.99. The molecule has 0 aromatic heterocycles. The normalized spacial score (nSPS) is 29.1. The van der Waals surface area contributed by atoms with Gasteiger partial charge >= 0.3 is 0 Å². The summed E-state index contributed by atoms with van der Waals surface area (Å²) in [5.41, 5.74) is 3.47. The highest BCUT2D eigenvalue weighted by molar-refractivity contribution is 5.90. The molecule has 2 aromatic carbocycles. The molecule has 2 aliphatic rings. The van der Waals surface area contributed by atoms with E-state index in [0.717, 1.165) is 5.92 Å². The van der Waals surface area contributed by atoms with Gasteiger partial charge in [0.2, 0.25) is 0 Å². The molecule has 2 unspecified atom stereocenters. The number of fused-ring (bicyclic) bond motifs is 2. The van der Waals surface area contributed by atoms with E-state index in [4.69, 9.17) is 0 Å². The summed E-state index contributed by atoms with van der Waals surface area (Å²) < 4.78 is 0. The SMILES string of the molecule is Cc1ccc(C23CC2CN(C)C3)c2ccccc12.Cl. The van der Waals surface area contributed by atoms with Crippen LogP contribution in [0, 0.1) is 12.8 Å². The minimum atomic E-state index is 0. The van der Waals surface area contributed by atoms with Crippen molar-refractivity contribution in [1.82, 2.24) is 4.90 Å². The van der Waals surface area contributed by atoms with Crippen LogP contribution >= 0.6 is 12.4 Å². The largest absolute Gasteiger partial charge is 0.305 e. The molecule has 1 saturated heterocycles. The van der Waals surface area contributed by atoms with Crippen molar-refractivity contribution < 1.29 is 0 Å². The van der Waals surface area contributed by atoms with Crippen LogP contribution in [0.4, 0.5) is 0 Å². The Hall–Kier alpha value is -1.05. The molecule has 1 heterocycles. The van der Waals surface area contributed by atoms with Gasteiger partial charge in [0.25, 0.3) is 0 Å². The van der Waals surface area contributed by atoms with E-state index in [2.05, 4.69) is 55.3 Å². The number of rotatable bonds is 1. The Labute approximate surface area is 121 Å². The summed E-state index contributed by atoms with van der Waals surface area (Å²) in [6.07, 6.45) is 1.39. The molecule has 4 rings (SSSR count). The van der Waals surface area contributed by atoms with E-state index in [9.17, 15) is 0 Å². The second kappa shape index (κ2) is 4.22. The number of halogens is 1. The molecule has 0 amide bonds. The van der Waals surface area contributed by atoms with Crippen molar-refractivity contribution in [2.75, 3.05) is 20.1 Å². The summed E-state index contributed by atoms with van der Waals surface area (Å²) in [5, 5.41) is 2.92. The second-order valence-corrected chi connectivity index (χ2v) is 6.23. The van der Waals surface area contributed by atoms with Gasteiger partial charge in [-0.15, -0.1) is 12.4 Å². The van der Waals surface area contributed by atoms with E-state index in [1.54, 1.807) is 5.56 Å². The predicted octanol–water partition coefficient (Wildman–Crippen LogP) is 3.77. The summed E-state index contributed by atoms with van der Waals surface area (Å²) in [6.45, 7) is 4.74. The third-order valence-corrected chi connectivity index (χ3v) is 4.99. The minimum absolute atomic E-state index is 0. The van der Waals surface area contributed by atoms with Crippen molar-refractivity contribution in [3.8, 4) is 0 Å².